The fourth-order valence-corrected chi connectivity index (χ4v) is 3.63. The molecular formula is C18H20N4O3. The van der Waals surface area contributed by atoms with E-state index in [2.05, 4.69) is 5.10 Å². The van der Waals surface area contributed by atoms with E-state index in [-0.39, 0.29) is 18.5 Å². The van der Waals surface area contributed by atoms with Crippen LogP contribution in [0.25, 0.3) is 5.69 Å². The second-order valence-corrected chi connectivity index (χ2v) is 6.59. The number of aryl methyl sites for hydroxylation is 1. The van der Waals surface area contributed by atoms with Crippen molar-refractivity contribution in [3.8, 4) is 5.69 Å². The van der Waals surface area contributed by atoms with E-state index < -0.39 is 12.1 Å². The number of benzene rings is 1. The van der Waals surface area contributed by atoms with Crippen molar-refractivity contribution in [1.82, 2.24) is 19.6 Å². The van der Waals surface area contributed by atoms with E-state index in [9.17, 15) is 14.7 Å². The van der Waals surface area contributed by atoms with Gasteiger partial charge in [-0.3, -0.25) is 9.69 Å². The summed E-state index contributed by atoms with van der Waals surface area (Å²) in [5, 5.41) is 14.5. The van der Waals surface area contributed by atoms with Crippen molar-refractivity contribution in [3.63, 3.8) is 0 Å². The number of amides is 3. The Hall–Kier alpha value is -2.67. The average molecular weight is 340 g/mol. The third kappa shape index (κ3) is 2.60. The number of carbonyl (C=O) groups excluding carboxylic acids is 2. The smallest absolute Gasteiger partial charge is 0.327 e. The normalized spacial score (nSPS) is 23.3. The molecule has 7 nitrogen and oxygen atoms in total. The molecule has 2 saturated heterocycles. The molecular weight excluding hydrogens is 320 g/mol. The predicted molar refractivity (Wildman–Crippen MR) is 90.0 cm³/mol. The summed E-state index contributed by atoms with van der Waals surface area (Å²) >= 11 is 0. The standard InChI is InChI=1S/C18H20N4O3/c1-12-8-10-22(19-12)14-6-3-2-5-13(14)11-21-17(24)16-15(23)7-4-9-20(16)18(21)25/h2-3,5-6,8,10,15-16,23H,4,7,9,11H2,1H3. The Kier molecular flexibility index (Phi) is 3.80. The molecule has 3 amide bonds. The first-order chi connectivity index (χ1) is 12.1. The zero-order chi connectivity index (χ0) is 17.6. The number of carbonyl (C=O) groups is 2. The summed E-state index contributed by atoms with van der Waals surface area (Å²) < 4.78 is 1.75. The maximum atomic E-state index is 12.7. The molecule has 25 heavy (non-hydrogen) atoms. The molecule has 1 N–H and O–H groups in total. The molecule has 2 atom stereocenters. The van der Waals surface area contributed by atoms with E-state index in [1.165, 1.54) is 9.80 Å². The van der Waals surface area contributed by atoms with Crippen LogP contribution in [0.3, 0.4) is 0 Å². The molecule has 0 spiro atoms. The highest BCUT2D eigenvalue weighted by molar-refractivity contribution is 6.04. The Morgan fingerprint density at radius 2 is 2.04 bits per heavy atom. The quantitative estimate of drug-likeness (QED) is 0.858. The number of urea groups is 1. The summed E-state index contributed by atoms with van der Waals surface area (Å²) in [5.74, 6) is -0.316. The number of hydrogen-bond acceptors (Lipinski definition) is 4. The molecule has 2 unspecified atom stereocenters. The van der Waals surface area contributed by atoms with Gasteiger partial charge in [0.15, 0.2) is 0 Å². The van der Waals surface area contributed by atoms with Crippen LogP contribution in [0.2, 0.25) is 0 Å². The van der Waals surface area contributed by atoms with Crippen LogP contribution >= 0.6 is 0 Å². The van der Waals surface area contributed by atoms with E-state index in [1.807, 2.05) is 43.5 Å². The molecule has 130 valence electrons. The molecule has 2 fully saturated rings. The second-order valence-electron chi connectivity index (χ2n) is 6.59. The number of imide groups is 1. The van der Waals surface area contributed by atoms with Gasteiger partial charge in [-0.15, -0.1) is 0 Å². The first kappa shape index (κ1) is 15.8. The predicted octanol–water partition coefficient (Wildman–Crippen LogP) is 1.47. The summed E-state index contributed by atoms with van der Waals surface area (Å²) in [4.78, 5) is 28.1. The number of fused-ring (bicyclic) bond motifs is 1. The number of rotatable bonds is 3. The summed E-state index contributed by atoms with van der Waals surface area (Å²) in [6, 6.07) is 8.43. The van der Waals surface area contributed by atoms with Gasteiger partial charge in [0.2, 0.25) is 0 Å². The highest BCUT2D eigenvalue weighted by Crippen LogP contribution is 2.29. The van der Waals surface area contributed by atoms with E-state index in [4.69, 9.17) is 0 Å². The van der Waals surface area contributed by atoms with Gasteiger partial charge in [-0.05, 0) is 37.5 Å². The molecule has 3 heterocycles. The Balaban J connectivity index is 1.65. The van der Waals surface area contributed by atoms with Gasteiger partial charge in [-0.25, -0.2) is 9.48 Å². The third-order valence-corrected chi connectivity index (χ3v) is 4.88. The lowest BCUT2D eigenvalue weighted by molar-refractivity contribution is -0.132. The number of aliphatic hydroxyl groups is 1. The van der Waals surface area contributed by atoms with Crippen molar-refractivity contribution in [2.45, 2.75) is 38.5 Å². The van der Waals surface area contributed by atoms with Crippen LogP contribution in [0.4, 0.5) is 4.79 Å². The van der Waals surface area contributed by atoms with Gasteiger partial charge in [-0.2, -0.15) is 5.10 Å². The van der Waals surface area contributed by atoms with Gasteiger partial charge in [0, 0.05) is 12.7 Å². The molecule has 1 aromatic heterocycles. The molecule has 0 saturated carbocycles. The molecule has 2 aromatic rings. The van der Waals surface area contributed by atoms with Crippen LogP contribution < -0.4 is 0 Å². The van der Waals surface area contributed by atoms with Crippen LogP contribution in [0.5, 0.6) is 0 Å². The summed E-state index contributed by atoms with van der Waals surface area (Å²) in [6.45, 7) is 2.60. The summed E-state index contributed by atoms with van der Waals surface area (Å²) in [7, 11) is 0. The number of piperidine rings is 1. The van der Waals surface area contributed by atoms with E-state index >= 15 is 0 Å². The van der Waals surface area contributed by atoms with Crippen LogP contribution in [0.15, 0.2) is 36.5 Å². The lowest BCUT2D eigenvalue weighted by atomic mass is 10.00. The molecule has 2 aliphatic rings. The lowest BCUT2D eigenvalue weighted by Crippen LogP contribution is -2.48. The van der Waals surface area contributed by atoms with Gasteiger partial charge in [0.05, 0.1) is 24.0 Å². The van der Waals surface area contributed by atoms with Crippen LogP contribution in [-0.2, 0) is 11.3 Å². The average Bonchev–Trinajstić information content (AvgIpc) is 3.13. The third-order valence-electron chi connectivity index (χ3n) is 4.88. The lowest BCUT2D eigenvalue weighted by Gasteiger charge is -2.30. The molecule has 0 radical (unpaired) electrons. The fourth-order valence-electron chi connectivity index (χ4n) is 3.63. The second kappa shape index (κ2) is 6.00. The Morgan fingerprint density at radius 3 is 2.76 bits per heavy atom. The molecule has 0 aliphatic carbocycles. The Labute approximate surface area is 145 Å². The monoisotopic (exact) mass is 340 g/mol. The maximum Gasteiger partial charge on any atom is 0.327 e. The Morgan fingerprint density at radius 1 is 1.24 bits per heavy atom. The number of aliphatic hydroxyl groups excluding tert-OH is 1. The molecule has 2 aliphatic heterocycles. The largest absolute Gasteiger partial charge is 0.390 e. The SMILES string of the molecule is Cc1ccn(-c2ccccc2CN2C(=O)C3C(O)CCCN3C2=O)n1. The minimum absolute atomic E-state index is 0.173. The van der Waals surface area contributed by atoms with E-state index in [1.54, 1.807) is 4.68 Å². The molecule has 4 rings (SSSR count). The van der Waals surface area contributed by atoms with Crippen molar-refractivity contribution in [2.24, 2.45) is 0 Å². The van der Waals surface area contributed by atoms with Crippen molar-refractivity contribution in [3.05, 3.63) is 47.8 Å². The summed E-state index contributed by atoms with van der Waals surface area (Å²) in [5.41, 5.74) is 2.56. The van der Waals surface area contributed by atoms with Crippen LogP contribution in [0, 0.1) is 6.92 Å². The minimum atomic E-state index is -0.779. The van der Waals surface area contributed by atoms with E-state index in [0.717, 1.165) is 16.9 Å². The zero-order valence-electron chi connectivity index (χ0n) is 14.0. The maximum absolute atomic E-state index is 12.7. The number of hydrogen-bond donors (Lipinski definition) is 1. The number of para-hydroxylation sites is 1. The van der Waals surface area contributed by atoms with Gasteiger partial charge in [-0.1, -0.05) is 18.2 Å². The zero-order valence-corrected chi connectivity index (χ0v) is 14.0. The van der Waals surface area contributed by atoms with Crippen LogP contribution in [-0.4, -0.2) is 55.3 Å². The van der Waals surface area contributed by atoms with Crippen molar-refractivity contribution in [1.29, 1.82) is 0 Å². The fraction of sp³-hybridized carbons (Fsp3) is 0.389. The van der Waals surface area contributed by atoms with Crippen molar-refractivity contribution < 1.29 is 14.7 Å². The van der Waals surface area contributed by atoms with Crippen molar-refractivity contribution >= 4 is 11.9 Å². The van der Waals surface area contributed by atoms with Gasteiger partial charge in [0.25, 0.3) is 5.91 Å². The Bertz CT molecular complexity index is 831. The molecule has 0 bridgehead atoms. The topological polar surface area (TPSA) is 78.7 Å². The van der Waals surface area contributed by atoms with E-state index in [0.29, 0.717) is 19.4 Å². The van der Waals surface area contributed by atoms with Crippen LogP contribution in [0.1, 0.15) is 24.1 Å². The van der Waals surface area contributed by atoms with Gasteiger partial charge < -0.3 is 10.0 Å². The molecule has 7 heteroatoms. The number of aromatic nitrogens is 2. The highest BCUT2D eigenvalue weighted by atomic mass is 16.3. The highest BCUT2D eigenvalue weighted by Gasteiger charge is 2.49. The molecule has 1 aromatic carbocycles. The first-order valence-corrected chi connectivity index (χ1v) is 8.47. The van der Waals surface area contributed by atoms with Gasteiger partial charge >= 0.3 is 6.03 Å². The summed E-state index contributed by atoms with van der Waals surface area (Å²) in [6.07, 6.45) is 2.35. The van der Waals surface area contributed by atoms with Crippen molar-refractivity contribution in [2.75, 3.05) is 6.54 Å². The van der Waals surface area contributed by atoms with Gasteiger partial charge in [0.1, 0.15) is 6.04 Å². The first-order valence-electron chi connectivity index (χ1n) is 8.47. The minimum Gasteiger partial charge on any atom is -0.390 e. The number of nitrogens with zero attached hydrogens (tertiary/aromatic N) is 4.